The second-order valence-corrected chi connectivity index (χ2v) is 5.82. The molecule has 3 rings (SSSR count). The van der Waals surface area contributed by atoms with E-state index < -0.39 is 0 Å². The van der Waals surface area contributed by atoms with E-state index in [1.807, 2.05) is 6.33 Å². The number of aromatic amines is 1. The van der Waals surface area contributed by atoms with Gasteiger partial charge in [-0.1, -0.05) is 0 Å². The third kappa shape index (κ3) is 1.77. The molecule has 0 aliphatic carbocycles. The van der Waals surface area contributed by atoms with E-state index in [1.165, 1.54) is 29.3 Å². The van der Waals surface area contributed by atoms with E-state index in [-0.39, 0.29) is 0 Å². The molecule has 2 aliphatic rings. The number of rotatable bonds is 2. The smallest absolute Gasteiger partial charge is 0.0925 e. The molecule has 1 saturated heterocycles. The molecule has 3 atom stereocenters. The molecular formula is C11H18N4S. The molecule has 4 N–H and O–H groups in total. The molecule has 3 heterocycles. The Kier molecular flexibility index (Phi) is 2.91. The van der Waals surface area contributed by atoms with Gasteiger partial charge in [0.2, 0.25) is 0 Å². The highest BCUT2D eigenvalue weighted by atomic mass is 32.2. The number of H-pyrrole nitrogens is 1. The van der Waals surface area contributed by atoms with E-state index in [0.717, 1.165) is 12.3 Å². The monoisotopic (exact) mass is 238 g/mol. The Bertz CT molecular complexity index is 359. The molecule has 1 aromatic heterocycles. The highest BCUT2D eigenvalue weighted by Gasteiger charge is 2.34. The second kappa shape index (κ2) is 4.39. The van der Waals surface area contributed by atoms with Crippen molar-refractivity contribution in [3.05, 3.63) is 17.7 Å². The summed E-state index contributed by atoms with van der Waals surface area (Å²) in [5, 5.41) is 3.67. The van der Waals surface area contributed by atoms with Gasteiger partial charge in [-0.2, -0.15) is 11.8 Å². The Labute approximate surface area is 99.8 Å². The molecule has 0 amide bonds. The van der Waals surface area contributed by atoms with Crippen LogP contribution in [0.3, 0.4) is 0 Å². The number of imidazole rings is 1. The molecule has 4 nitrogen and oxygen atoms in total. The lowest BCUT2D eigenvalue weighted by atomic mass is 9.89. The number of hydrogen-bond donors (Lipinski definition) is 3. The first-order valence-corrected chi connectivity index (χ1v) is 7.10. The van der Waals surface area contributed by atoms with Gasteiger partial charge in [0.25, 0.3) is 0 Å². The van der Waals surface area contributed by atoms with Crippen LogP contribution in [0.15, 0.2) is 6.33 Å². The van der Waals surface area contributed by atoms with Gasteiger partial charge in [0.15, 0.2) is 0 Å². The molecule has 5 heteroatoms. The zero-order chi connectivity index (χ0) is 11.0. The standard InChI is InChI=1S/C11H18N4S/c12-4-8-3-9-11(14-6-13-9)10(15-8)7-1-2-16-5-7/h6-8,10,15H,1-5,12H2,(H,13,14). The predicted octanol–water partition coefficient (Wildman–Crippen LogP) is 0.677. The number of aromatic nitrogens is 2. The average Bonchev–Trinajstić information content (AvgIpc) is 2.98. The summed E-state index contributed by atoms with van der Waals surface area (Å²) in [4.78, 5) is 7.75. The van der Waals surface area contributed by atoms with E-state index in [4.69, 9.17) is 5.73 Å². The van der Waals surface area contributed by atoms with Crippen LogP contribution in [0.1, 0.15) is 23.9 Å². The summed E-state index contributed by atoms with van der Waals surface area (Å²) in [6.45, 7) is 0.703. The molecule has 0 radical (unpaired) electrons. The maximum Gasteiger partial charge on any atom is 0.0925 e. The number of nitrogens with two attached hydrogens (primary N) is 1. The van der Waals surface area contributed by atoms with Crippen LogP contribution in [-0.2, 0) is 6.42 Å². The van der Waals surface area contributed by atoms with Gasteiger partial charge in [0.1, 0.15) is 0 Å². The summed E-state index contributed by atoms with van der Waals surface area (Å²) in [7, 11) is 0. The summed E-state index contributed by atoms with van der Waals surface area (Å²) in [6.07, 6.45) is 4.11. The molecule has 3 unspecified atom stereocenters. The lowest BCUT2D eigenvalue weighted by Crippen LogP contribution is -2.46. The van der Waals surface area contributed by atoms with Crippen LogP contribution in [0.4, 0.5) is 0 Å². The van der Waals surface area contributed by atoms with Gasteiger partial charge in [0.05, 0.1) is 18.1 Å². The molecule has 2 aliphatic heterocycles. The summed E-state index contributed by atoms with van der Waals surface area (Å²) in [6, 6.07) is 0.821. The van der Waals surface area contributed by atoms with Gasteiger partial charge >= 0.3 is 0 Å². The zero-order valence-electron chi connectivity index (χ0n) is 9.28. The van der Waals surface area contributed by atoms with Gasteiger partial charge in [-0.25, -0.2) is 4.98 Å². The van der Waals surface area contributed by atoms with Crippen molar-refractivity contribution in [2.24, 2.45) is 11.7 Å². The Hall–Kier alpha value is -0.520. The van der Waals surface area contributed by atoms with Gasteiger partial charge in [-0.05, 0) is 23.8 Å². The zero-order valence-corrected chi connectivity index (χ0v) is 10.1. The van der Waals surface area contributed by atoms with Crippen LogP contribution in [0.5, 0.6) is 0 Å². The third-order valence-corrected chi connectivity index (χ3v) is 4.82. The number of hydrogen-bond acceptors (Lipinski definition) is 4. The van der Waals surface area contributed by atoms with Crippen LogP contribution < -0.4 is 11.1 Å². The van der Waals surface area contributed by atoms with Gasteiger partial charge in [0, 0.05) is 24.7 Å². The molecule has 0 bridgehead atoms. The van der Waals surface area contributed by atoms with E-state index in [0.29, 0.717) is 18.6 Å². The highest BCUT2D eigenvalue weighted by Crippen LogP contribution is 2.36. The quantitative estimate of drug-likeness (QED) is 0.709. The number of nitrogens with one attached hydrogen (secondary N) is 2. The predicted molar refractivity (Wildman–Crippen MR) is 66.4 cm³/mol. The minimum atomic E-state index is 0.406. The number of nitrogens with zero attached hydrogens (tertiary/aromatic N) is 1. The summed E-state index contributed by atoms with van der Waals surface area (Å²) in [5.41, 5.74) is 8.31. The van der Waals surface area contributed by atoms with Crippen LogP contribution in [-0.4, -0.2) is 34.1 Å². The van der Waals surface area contributed by atoms with Crippen LogP contribution >= 0.6 is 11.8 Å². The Morgan fingerprint density at radius 2 is 2.50 bits per heavy atom. The fourth-order valence-electron chi connectivity index (χ4n) is 2.73. The normalized spacial score (nSPS) is 33.9. The third-order valence-electron chi connectivity index (χ3n) is 3.63. The Balaban J connectivity index is 1.87. The first-order chi connectivity index (χ1) is 7.88. The summed E-state index contributed by atoms with van der Waals surface area (Å²) >= 11 is 2.05. The molecule has 0 aromatic carbocycles. The summed E-state index contributed by atoms with van der Waals surface area (Å²) < 4.78 is 0. The van der Waals surface area contributed by atoms with E-state index in [1.54, 1.807) is 0 Å². The Morgan fingerprint density at radius 1 is 1.56 bits per heavy atom. The van der Waals surface area contributed by atoms with Crippen molar-refractivity contribution in [1.29, 1.82) is 0 Å². The lowest BCUT2D eigenvalue weighted by Gasteiger charge is -2.33. The minimum absolute atomic E-state index is 0.406. The number of thioether (sulfide) groups is 1. The fraction of sp³-hybridized carbons (Fsp3) is 0.727. The van der Waals surface area contributed by atoms with Crippen LogP contribution in [0.25, 0.3) is 0 Å². The Morgan fingerprint density at radius 3 is 3.25 bits per heavy atom. The van der Waals surface area contributed by atoms with Crippen molar-refractivity contribution < 1.29 is 0 Å². The van der Waals surface area contributed by atoms with Crippen molar-refractivity contribution in [2.75, 3.05) is 18.1 Å². The highest BCUT2D eigenvalue weighted by molar-refractivity contribution is 7.99. The first-order valence-electron chi connectivity index (χ1n) is 5.94. The number of fused-ring (bicyclic) bond motifs is 1. The molecule has 0 saturated carbocycles. The topological polar surface area (TPSA) is 66.7 Å². The maximum absolute atomic E-state index is 5.79. The second-order valence-electron chi connectivity index (χ2n) is 4.67. The molecule has 16 heavy (non-hydrogen) atoms. The maximum atomic E-state index is 5.79. The van der Waals surface area contributed by atoms with E-state index in [2.05, 4.69) is 27.0 Å². The van der Waals surface area contributed by atoms with E-state index in [9.17, 15) is 0 Å². The van der Waals surface area contributed by atoms with Crippen molar-refractivity contribution in [3.63, 3.8) is 0 Å². The van der Waals surface area contributed by atoms with Crippen molar-refractivity contribution in [1.82, 2.24) is 15.3 Å². The van der Waals surface area contributed by atoms with Gasteiger partial charge in [-0.15, -0.1) is 0 Å². The lowest BCUT2D eigenvalue weighted by molar-refractivity contribution is 0.319. The SMILES string of the molecule is NCC1Cc2[nH]cnc2C(C2CCSC2)N1. The molecule has 88 valence electrons. The molecule has 0 spiro atoms. The summed E-state index contributed by atoms with van der Waals surface area (Å²) in [5.74, 6) is 3.26. The van der Waals surface area contributed by atoms with Gasteiger partial charge < -0.3 is 16.0 Å². The first kappa shape index (κ1) is 10.6. The average molecular weight is 238 g/mol. The van der Waals surface area contributed by atoms with Crippen LogP contribution in [0.2, 0.25) is 0 Å². The molecule has 1 aromatic rings. The fourth-order valence-corrected chi connectivity index (χ4v) is 4.03. The molecule has 1 fully saturated rings. The van der Waals surface area contributed by atoms with E-state index >= 15 is 0 Å². The van der Waals surface area contributed by atoms with Crippen molar-refractivity contribution in [3.8, 4) is 0 Å². The largest absolute Gasteiger partial charge is 0.348 e. The minimum Gasteiger partial charge on any atom is -0.348 e. The van der Waals surface area contributed by atoms with Crippen LogP contribution in [0, 0.1) is 5.92 Å². The van der Waals surface area contributed by atoms with Crippen molar-refractivity contribution in [2.45, 2.75) is 24.9 Å². The van der Waals surface area contributed by atoms with Crippen molar-refractivity contribution >= 4 is 11.8 Å². The van der Waals surface area contributed by atoms with Gasteiger partial charge in [-0.3, -0.25) is 0 Å². The molecular weight excluding hydrogens is 220 g/mol.